The molecule has 0 unspecified atom stereocenters. The first kappa shape index (κ1) is 23.1. The molecule has 0 aliphatic carbocycles. The highest BCUT2D eigenvalue weighted by Crippen LogP contribution is 2.22. The van der Waals surface area contributed by atoms with Crippen LogP contribution in [-0.4, -0.2) is 43.4 Å². The minimum absolute atomic E-state index is 0. The van der Waals surface area contributed by atoms with E-state index in [4.69, 9.17) is 0 Å². The molecular formula is C18H27BrFIN4O. The first-order valence-corrected chi connectivity index (χ1v) is 9.50. The molecule has 26 heavy (non-hydrogen) atoms. The quantitative estimate of drug-likeness (QED) is 0.341. The van der Waals surface area contributed by atoms with Crippen LogP contribution in [0.5, 0.6) is 0 Å². The molecule has 1 aromatic carbocycles. The number of benzene rings is 1. The Labute approximate surface area is 180 Å². The van der Waals surface area contributed by atoms with Crippen molar-refractivity contribution in [2.75, 3.05) is 26.7 Å². The highest BCUT2D eigenvalue weighted by Gasteiger charge is 2.23. The fourth-order valence-electron chi connectivity index (χ4n) is 2.96. The lowest BCUT2D eigenvalue weighted by atomic mass is 9.93. The number of hydrogen-bond acceptors (Lipinski definition) is 2. The van der Waals surface area contributed by atoms with E-state index < -0.39 is 0 Å². The molecule has 2 N–H and O–H groups in total. The molecule has 2 rings (SSSR count). The smallest absolute Gasteiger partial charge is 0.220 e. The average molecular weight is 541 g/mol. The summed E-state index contributed by atoms with van der Waals surface area (Å²) in [5.74, 6) is 1.12. The minimum Gasteiger partial charge on any atom is -0.359 e. The molecular weight excluding hydrogens is 514 g/mol. The summed E-state index contributed by atoms with van der Waals surface area (Å²) in [6.07, 6.45) is 2.54. The van der Waals surface area contributed by atoms with Crippen molar-refractivity contribution in [3.63, 3.8) is 0 Å². The molecule has 0 spiro atoms. The molecule has 0 bridgehead atoms. The van der Waals surface area contributed by atoms with Gasteiger partial charge in [0.05, 0.1) is 6.54 Å². The van der Waals surface area contributed by atoms with Gasteiger partial charge in [0.1, 0.15) is 5.82 Å². The minimum atomic E-state index is -0.256. The molecule has 1 amide bonds. The summed E-state index contributed by atoms with van der Waals surface area (Å²) in [5.41, 5.74) is 0.824. The first-order chi connectivity index (χ1) is 12.0. The Kier molecular flexibility index (Phi) is 10.4. The van der Waals surface area contributed by atoms with Gasteiger partial charge in [0.25, 0.3) is 0 Å². The first-order valence-electron chi connectivity index (χ1n) is 8.71. The van der Waals surface area contributed by atoms with Crippen molar-refractivity contribution in [3.8, 4) is 0 Å². The van der Waals surface area contributed by atoms with Gasteiger partial charge in [-0.3, -0.25) is 4.79 Å². The Morgan fingerprint density at radius 1 is 1.38 bits per heavy atom. The molecule has 1 fully saturated rings. The maximum Gasteiger partial charge on any atom is 0.220 e. The zero-order chi connectivity index (χ0) is 18.2. The summed E-state index contributed by atoms with van der Waals surface area (Å²) in [6.45, 7) is 4.97. The van der Waals surface area contributed by atoms with Gasteiger partial charge in [-0.2, -0.15) is 0 Å². The number of carbonyl (C=O) groups excluding carboxylic acids is 1. The van der Waals surface area contributed by atoms with Crippen LogP contribution in [0.15, 0.2) is 27.7 Å². The lowest BCUT2D eigenvalue weighted by Crippen LogP contribution is -2.46. The van der Waals surface area contributed by atoms with Crippen LogP contribution < -0.4 is 10.6 Å². The standard InChI is InChI=1S/C18H26BrFN4O.HI/c1-3-22-18(23-12-14-11-15(20)4-5-16(14)19)24-8-6-13(7-9-24)10-17(25)21-2;/h4-5,11,13H,3,6-10,12H2,1-2H3,(H,21,25)(H,22,23);1H. The van der Waals surface area contributed by atoms with E-state index in [2.05, 4.69) is 36.5 Å². The third-order valence-electron chi connectivity index (χ3n) is 4.41. The van der Waals surface area contributed by atoms with Crippen molar-refractivity contribution in [3.05, 3.63) is 34.1 Å². The molecule has 0 aromatic heterocycles. The van der Waals surface area contributed by atoms with Gasteiger partial charge < -0.3 is 15.5 Å². The van der Waals surface area contributed by atoms with Crippen molar-refractivity contribution in [1.82, 2.24) is 15.5 Å². The molecule has 0 atom stereocenters. The van der Waals surface area contributed by atoms with Gasteiger partial charge in [-0.15, -0.1) is 24.0 Å². The van der Waals surface area contributed by atoms with Crippen LogP contribution in [0.2, 0.25) is 0 Å². The third kappa shape index (κ3) is 7.02. The predicted octanol–water partition coefficient (Wildman–Crippen LogP) is 3.52. The van der Waals surface area contributed by atoms with Gasteiger partial charge >= 0.3 is 0 Å². The van der Waals surface area contributed by atoms with E-state index in [1.807, 2.05) is 6.92 Å². The SMILES string of the molecule is CCNC(=NCc1cc(F)ccc1Br)N1CCC(CC(=O)NC)CC1.I. The van der Waals surface area contributed by atoms with Gasteiger partial charge in [-0.05, 0) is 49.4 Å². The van der Waals surface area contributed by atoms with Crippen molar-refractivity contribution >= 4 is 51.8 Å². The van der Waals surface area contributed by atoms with E-state index in [0.29, 0.717) is 18.9 Å². The molecule has 8 heteroatoms. The van der Waals surface area contributed by atoms with Crippen LogP contribution in [0, 0.1) is 11.7 Å². The van der Waals surface area contributed by atoms with E-state index >= 15 is 0 Å². The number of hydrogen-bond donors (Lipinski definition) is 2. The Bertz CT molecular complexity index is 621. The Morgan fingerprint density at radius 3 is 2.69 bits per heavy atom. The Morgan fingerprint density at radius 2 is 2.08 bits per heavy atom. The second kappa shape index (κ2) is 11.7. The van der Waals surface area contributed by atoms with E-state index in [1.165, 1.54) is 12.1 Å². The van der Waals surface area contributed by atoms with Crippen molar-refractivity contribution in [2.24, 2.45) is 10.9 Å². The van der Waals surface area contributed by atoms with Crippen LogP contribution in [0.25, 0.3) is 0 Å². The van der Waals surface area contributed by atoms with Gasteiger partial charge in [-0.1, -0.05) is 15.9 Å². The number of aliphatic imine (C=N–C) groups is 1. The van der Waals surface area contributed by atoms with Crippen LogP contribution in [0.4, 0.5) is 4.39 Å². The highest BCUT2D eigenvalue weighted by atomic mass is 127. The van der Waals surface area contributed by atoms with Crippen LogP contribution in [0.1, 0.15) is 31.7 Å². The van der Waals surface area contributed by atoms with Crippen LogP contribution in [-0.2, 0) is 11.3 Å². The highest BCUT2D eigenvalue weighted by molar-refractivity contribution is 14.0. The lowest BCUT2D eigenvalue weighted by molar-refractivity contribution is -0.121. The maximum atomic E-state index is 13.4. The molecule has 0 saturated carbocycles. The lowest BCUT2D eigenvalue weighted by Gasteiger charge is -2.34. The van der Waals surface area contributed by atoms with E-state index in [-0.39, 0.29) is 35.7 Å². The Hall–Kier alpha value is -0.900. The molecule has 1 aromatic rings. The summed E-state index contributed by atoms with van der Waals surface area (Å²) in [5, 5.41) is 6.00. The number of rotatable bonds is 5. The molecule has 1 heterocycles. The van der Waals surface area contributed by atoms with E-state index in [1.54, 1.807) is 13.1 Å². The zero-order valence-corrected chi connectivity index (χ0v) is 19.1. The number of piperidine rings is 1. The maximum absolute atomic E-state index is 13.4. The van der Waals surface area contributed by atoms with E-state index in [0.717, 1.165) is 48.5 Å². The van der Waals surface area contributed by atoms with Crippen molar-refractivity contribution < 1.29 is 9.18 Å². The normalized spacial score (nSPS) is 15.4. The Balaban J connectivity index is 0.00000338. The number of halogens is 3. The summed E-state index contributed by atoms with van der Waals surface area (Å²) >= 11 is 3.45. The van der Waals surface area contributed by atoms with Crippen LogP contribution in [0.3, 0.4) is 0 Å². The van der Waals surface area contributed by atoms with Gasteiger partial charge in [0.2, 0.25) is 5.91 Å². The zero-order valence-electron chi connectivity index (χ0n) is 15.2. The third-order valence-corrected chi connectivity index (χ3v) is 5.18. The van der Waals surface area contributed by atoms with Gasteiger partial charge in [-0.25, -0.2) is 9.38 Å². The molecule has 1 aliphatic rings. The average Bonchev–Trinajstić information content (AvgIpc) is 2.62. The molecule has 146 valence electrons. The monoisotopic (exact) mass is 540 g/mol. The van der Waals surface area contributed by atoms with Crippen molar-refractivity contribution in [2.45, 2.75) is 32.7 Å². The largest absolute Gasteiger partial charge is 0.359 e. The van der Waals surface area contributed by atoms with Gasteiger partial charge in [0.15, 0.2) is 5.96 Å². The van der Waals surface area contributed by atoms with E-state index in [9.17, 15) is 9.18 Å². The van der Waals surface area contributed by atoms with Gasteiger partial charge in [0, 0.05) is 37.6 Å². The molecule has 5 nitrogen and oxygen atoms in total. The number of amides is 1. The van der Waals surface area contributed by atoms with Crippen LogP contribution >= 0.6 is 39.9 Å². The fourth-order valence-corrected chi connectivity index (χ4v) is 3.34. The number of nitrogens with one attached hydrogen (secondary N) is 2. The molecule has 1 aliphatic heterocycles. The number of carbonyl (C=O) groups is 1. The number of likely N-dealkylation sites (tertiary alicyclic amines) is 1. The van der Waals surface area contributed by atoms with Crippen molar-refractivity contribution in [1.29, 1.82) is 0 Å². The summed E-state index contributed by atoms with van der Waals surface area (Å²) < 4.78 is 14.3. The molecule has 1 saturated heterocycles. The number of nitrogens with zero attached hydrogens (tertiary/aromatic N) is 2. The summed E-state index contributed by atoms with van der Waals surface area (Å²) in [6, 6.07) is 4.64. The molecule has 0 radical (unpaired) electrons. The number of guanidine groups is 1. The fraction of sp³-hybridized carbons (Fsp3) is 0.556. The predicted molar refractivity (Wildman–Crippen MR) is 117 cm³/mol. The second-order valence-electron chi connectivity index (χ2n) is 6.21. The summed E-state index contributed by atoms with van der Waals surface area (Å²) in [4.78, 5) is 18.4. The second-order valence-corrected chi connectivity index (χ2v) is 7.07. The topological polar surface area (TPSA) is 56.7 Å². The summed E-state index contributed by atoms with van der Waals surface area (Å²) in [7, 11) is 1.68.